The van der Waals surface area contributed by atoms with Crippen LogP contribution in [0.25, 0.3) is 0 Å². The zero-order valence-electron chi connectivity index (χ0n) is 12.1. The number of carbonyl (C=O) groups is 2. The van der Waals surface area contributed by atoms with Gasteiger partial charge in [-0.05, 0) is 37.1 Å². The Morgan fingerprint density at radius 3 is 2.48 bits per heavy atom. The Morgan fingerprint density at radius 2 is 1.86 bits per heavy atom. The Balaban J connectivity index is 2.29. The molecule has 0 fully saturated rings. The first-order valence-electron chi connectivity index (χ1n) is 6.85. The third-order valence-electron chi connectivity index (χ3n) is 2.78. The van der Waals surface area contributed by atoms with Crippen LogP contribution >= 0.6 is 0 Å². The monoisotopic (exact) mass is 295 g/mol. The third-order valence-corrected chi connectivity index (χ3v) is 2.78. The number of methoxy groups -OCH3 is 1. The van der Waals surface area contributed by atoms with Crippen molar-refractivity contribution in [2.45, 2.75) is 19.3 Å². The van der Waals surface area contributed by atoms with E-state index in [-0.39, 0.29) is 12.3 Å². The minimum atomic E-state index is -0.814. The Labute approximate surface area is 124 Å². The summed E-state index contributed by atoms with van der Waals surface area (Å²) >= 11 is 0. The van der Waals surface area contributed by atoms with Gasteiger partial charge in [0.25, 0.3) is 5.91 Å². The second-order valence-electron chi connectivity index (χ2n) is 4.47. The second kappa shape index (κ2) is 9.77. The lowest BCUT2D eigenvalue weighted by atomic mass is 10.2. The van der Waals surface area contributed by atoms with Crippen LogP contribution in [0.1, 0.15) is 29.6 Å². The second-order valence-corrected chi connectivity index (χ2v) is 4.47. The molecule has 0 aromatic heterocycles. The first kappa shape index (κ1) is 17.0. The molecule has 1 amide bonds. The summed E-state index contributed by atoms with van der Waals surface area (Å²) in [6, 6.07) is 6.84. The molecule has 0 atom stereocenters. The number of carboxylic acids is 1. The molecule has 0 unspecified atom stereocenters. The van der Waals surface area contributed by atoms with E-state index in [1.165, 1.54) is 0 Å². The van der Waals surface area contributed by atoms with E-state index in [1.54, 1.807) is 31.4 Å². The Bertz CT molecular complexity index is 444. The summed E-state index contributed by atoms with van der Waals surface area (Å²) in [5.41, 5.74) is 0.548. The standard InChI is InChI=1S/C15H21NO5/c1-20-10-11-21-13-7-5-12(6-8-13)15(19)16-9-3-2-4-14(17)18/h5-8H,2-4,9-11H2,1H3,(H,16,19)(H,17,18). The van der Waals surface area contributed by atoms with Crippen LogP contribution in [0.15, 0.2) is 24.3 Å². The molecule has 1 aromatic rings. The zero-order valence-corrected chi connectivity index (χ0v) is 12.1. The number of carboxylic acid groups (broad SMARTS) is 1. The molecule has 6 heteroatoms. The van der Waals surface area contributed by atoms with Crippen LogP contribution in [0.3, 0.4) is 0 Å². The highest BCUT2D eigenvalue weighted by Gasteiger charge is 2.05. The molecule has 0 aliphatic rings. The first-order chi connectivity index (χ1) is 10.1. The molecule has 1 rings (SSSR count). The topological polar surface area (TPSA) is 84.9 Å². The zero-order chi connectivity index (χ0) is 15.5. The lowest BCUT2D eigenvalue weighted by Gasteiger charge is -2.07. The van der Waals surface area contributed by atoms with Gasteiger partial charge in [0, 0.05) is 25.6 Å². The molecule has 116 valence electrons. The van der Waals surface area contributed by atoms with Gasteiger partial charge in [0.2, 0.25) is 0 Å². The molecular weight excluding hydrogens is 274 g/mol. The fourth-order valence-corrected chi connectivity index (χ4v) is 1.65. The van der Waals surface area contributed by atoms with E-state index in [1.807, 2.05) is 0 Å². The van der Waals surface area contributed by atoms with Gasteiger partial charge < -0.3 is 19.9 Å². The van der Waals surface area contributed by atoms with Gasteiger partial charge in [-0.25, -0.2) is 0 Å². The number of ether oxygens (including phenoxy) is 2. The number of hydrogen-bond donors (Lipinski definition) is 2. The smallest absolute Gasteiger partial charge is 0.303 e. The SMILES string of the molecule is COCCOc1ccc(C(=O)NCCCCC(=O)O)cc1. The number of rotatable bonds is 10. The van der Waals surface area contributed by atoms with Gasteiger partial charge in [-0.1, -0.05) is 0 Å². The predicted molar refractivity (Wildman–Crippen MR) is 77.6 cm³/mol. The van der Waals surface area contributed by atoms with Crippen LogP contribution in [0.2, 0.25) is 0 Å². The highest BCUT2D eigenvalue weighted by molar-refractivity contribution is 5.94. The van der Waals surface area contributed by atoms with E-state index >= 15 is 0 Å². The number of aliphatic carboxylic acids is 1. The number of nitrogens with one attached hydrogen (secondary N) is 1. The largest absolute Gasteiger partial charge is 0.491 e. The molecule has 0 spiro atoms. The Kier molecular flexibility index (Phi) is 7.89. The first-order valence-corrected chi connectivity index (χ1v) is 6.85. The minimum Gasteiger partial charge on any atom is -0.491 e. The summed E-state index contributed by atoms with van der Waals surface area (Å²) in [6.45, 7) is 1.45. The lowest BCUT2D eigenvalue weighted by molar-refractivity contribution is -0.137. The van der Waals surface area contributed by atoms with Gasteiger partial charge in [0.15, 0.2) is 0 Å². The van der Waals surface area contributed by atoms with Crippen molar-refractivity contribution >= 4 is 11.9 Å². The Morgan fingerprint density at radius 1 is 1.14 bits per heavy atom. The van der Waals surface area contributed by atoms with Gasteiger partial charge in [0.05, 0.1) is 6.61 Å². The average molecular weight is 295 g/mol. The quantitative estimate of drug-likeness (QED) is 0.642. The fraction of sp³-hybridized carbons (Fsp3) is 0.467. The Hall–Kier alpha value is -2.08. The molecule has 0 heterocycles. The van der Waals surface area contributed by atoms with Gasteiger partial charge in [-0.3, -0.25) is 9.59 Å². The lowest BCUT2D eigenvalue weighted by Crippen LogP contribution is -2.24. The van der Waals surface area contributed by atoms with Crippen LogP contribution < -0.4 is 10.1 Å². The highest BCUT2D eigenvalue weighted by atomic mass is 16.5. The number of amides is 1. The summed E-state index contributed by atoms with van der Waals surface area (Å²) in [5, 5.41) is 11.2. The predicted octanol–water partition coefficient (Wildman–Crippen LogP) is 1.70. The number of unbranched alkanes of at least 4 members (excludes halogenated alkanes) is 1. The van der Waals surface area contributed by atoms with Crippen molar-refractivity contribution in [3.63, 3.8) is 0 Å². The van der Waals surface area contributed by atoms with Crippen LogP contribution in [0, 0.1) is 0 Å². The molecule has 0 aliphatic heterocycles. The van der Waals surface area contributed by atoms with Crippen molar-refractivity contribution in [3.05, 3.63) is 29.8 Å². The van der Waals surface area contributed by atoms with Crippen molar-refractivity contribution in [3.8, 4) is 5.75 Å². The molecule has 2 N–H and O–H groups in total. The summed E-state index contributed by atoms with van der Waals surface area (Å²) in [5.74, 6) is -0.302. The van der Waals surface area contributed by atoms with Gasteiger partial charge >= 0.3 is 5.97 Å². The van der Waals surface area contributed by atoms with E-state index < -0.39 is 5.97 Å². The van der Waals surface area contributed by atoms with Gasteiger partial charge in [-0.2, -0.15) is 0 Å². The maximum absolute atomic E-state index is 11.8. The molecule has 21 heavy (non-hydrogen) atoms. The molecule has 1 aromatic carbocycles. The summed E-state index contributed by atoms with van der Waals surface area (Å²) < 4.78 is 10.3. The average Bonchev–Trinajstić information content (AvgIpc) is 2.47. The van der Waals surface area contributed by atoms with Crippen LogP contribution in [0.4, 0.5) is 0 Å². The van der Waals surface area contributed by atoms with Gasteiger partial charge in [0.1, 0.15) is 12.4 Å². The molecule has 0 bridgehead atoms. The van der Waals surface area contributed by atoms with E-state index in [9.17, 15) is 9.59 Å². The summed E-state index contributed by atoms with van der Waals surface area (Å²) in [7, 11) is 1.60. The summed E-state index contributed by atoms with van der Waals surface area (Å²) in [6.07, 6.45) is 1.33. The van der Waals surface area contributed by atoms with Crippen LogP contribution in [-0.2, 0) is 9.53 Å². The number of benzene rings is 1. The minimum absolute atomic E-state index is 0.128. The van der Waals surface area contributed by atoms with Gasteiger partial charge in [-0.15, -0.1) is 0 Å². The molecule has 0 radical (unpaired) electrons. The normalized spacial score (nSPS) is 10.1. The van der Waals surface area contributed by atoms with Crippen molar-refractivity contribution in [1.82, 2.24) is 5.32 Å². The van der Waals surface area contributed by atoms with E-state index in [0.717, 1.165) is 0 Å². The van der Waals surface area contributed by atoms with E-state index in [4.69, 9.17) is 14.6 Å². The van der Waals surface area contributed by atoms with E-state index in [2.05, 4.69) is 5.32 Å². The number of hydrogen-bond acceptors (Lipinski definition) is 4. The third kappa shape index (κ3) is 7.31. The molecule has 0 saturated carbocycles. The highest BCUT2D eigenvalue weighted by Crippen LogP contribution is 2.12. The van der Waals surface area contributed by atoms with Crippen LogP contribution in [0.5, 0.6) is 5.75 Å². The molecule has 0 saturated heterocycles. The van der Waals surface area contributed by atoms with Crippen LogP contribution in [-0.4, -0.2) is 43.9 Å². The maximum atomic E-state index is 11.8. The van der Waals surface area contributed by atoms with Crippen molar-refractivity contribution < 1.29 is 24.2 Å². The van der Waals surface area contributed by atoms with Crippen molar-refractivity contribution in [2.75, 3.05) is 26.9 Å². The molecule has 6 nitrogen and oxygen atoms in total. The number of carbonyl (C=O) groups excluding carboxylic acids is 1. The molecule has 0 aliphatic carbocycles. The van der Waals surface area contributed by atoms with E-state index in [0.29, 0.717) is 43.9 Å². The summed E-state index contributed by atoms with van der Waals surface area (Å²) in [4.78, 5) is 22.2. The fourth-order valence-electron chi connectivity index (χ4n) is 1.65. The maximum Gasteiger partial charge on any atom is 0.303 e. The molecular formula is C15H21NO5. The van der Waals surface area contributed by atoms with Crippen molar-refractivity contribution in [2.24, 2.45) is 0 Å². The van der Waals surface area contributed by atoms with Crippen molar-refractivity contribution in [1.29, 1.82) is 0 Å².